The van der Waals surface area contributed by atoms with Crippen LogP contribution in [0.25, 0.3) is 0 Å². The number of hydrogen-bond acceptors (Lipinski definition) is 2. The first-order valence-electron chi connectivity index (χ1n) is 6.49. The average molecular weight is 281 g/mol. The number of anilines is 1. The predicted octanol–water partition coefficient (Wildman–Crippen LogP) is 3.57. The first-order valence-corrected chi connectivity index (χ1v) is 7.28. The smallest absolute Gasteiger partial charge is 0.106 e. The maximum Gasteiger partial charge on any atom is 0.106 e. The first-order chi connectivity index (χ1) is 8.63. The van der Waals surface area contributed by atoms with E-state index in [9.17, 15) is 0 Å². The van der Waals surface area contributed by atoms with Crippen LogP contribution >= 0.6 is 23.8 Å². The quantitative estimate of drug-likeness (QED) is 0.831. The molecule has 2 bridgehead atoms. The second-order valence-corrected chi connectivity index (χ2v) is 6.36. The van der Waals surface area contributed by atoms with E-state index in [2.05, 4.69) is 5.32 Å². The van der Waals surface area contributed by atoms with Gasteiger partial charge in [0.25, 0.3) is 0 Å². The Morgan fingerprint density at radius 2 is 2.17 bits per heavy atom. The van der Waals surface area contributed by atoms with Crippen LogP contribution in [0.4, 0.5) is 5.69 Å². The molecule has 2 aliphatic rings. The molecule has 18 heavy (non-hydrogen) atoms. The minimum atomic E-state index is 0.406. The summed E-state index contributed by atoms with van der Waals surface area (Å²) in [6.07, 6.45) is 5.43. The third-order valence-electron chi connectivity index (χ3n) is 4.33. The van der Waals surface area contributed by atoms with Crippen molar-refractivity contribution in [2.75, 3.05) is 5.32 Å². The van der Waals surface area contributed by atoms with Gasteiger partial charge < -0.3 is 11.1 Å². The molecular weight excluding hydrogens is 264 g/mol. The molecule has 1 aromatic carbocycles. The summed E-state index contributed by atoms with van der Waals surface area (Å²) in [5.74, 6) is 1.75. The van der Waals surface area contributed by atoms with Gasteiger partial charge in [0.1, 0.15) is 4.99 Å². The van der Waals surface area contributed by atoms with Crippen molar-refractivity contribution in [3.05, 3.63) is 28.8 Å². The molecule has 3 atom stereocenters. The van der Waals surface area contributed by atoms with Gasteiger partial charge in [0.2, 0.25) is 0 Å². The number of nitrogens with two attached hydrogens (primary N) is 1. The van der Waals surface area contributed by atoms with Gasteiger partial charge in [0.05, 0.1) is 0 Å². The summed E-state index contributed by atoms with van der Waals surface area (Å²) in [6.45, 7) is 0. The average Bonchev–Trinajstić information content (AvgIpc) is 2.93. The number of hydrogen-bond donors (Lipinski definition) is 2. The summed E-state index contributed by atoms with van der Waals surface area (Å²) in [5.41, 5.74) is 7.66. The molecule has 96 valence electrons. The fourth-order valence-electron chi connectivity index (χ4n) is 3.47. The minimum Gasteiger partial charge on any atom is -0.389 e. The zero-order valence-corrected chi connectivity index (χ0v) is 11.7. The maximum atomic E-state index is 6.00. The minimum absolute atomic E-state index is 0.406. The summed E-state index contributed by atoms with van der Waals surface area (Å²) in [4.78, 5) is 0.406. The highest BCUT2D eigenvalue weighted by atomic mass is 35.5. The topological polar surface area (TPSA) is 38.0 Å². The van der Waals surface area contributed by atoms with Gasteiger partial charge in [0, 0.05) is 22.3 Å². The molecule has 0 spiro atoms. The molecule has 4 heteroatoms. The molecule has 2 aliphatic carbocycles. The van der Waals surface area contributed by atoms with Gasteiger partial charge in [-0.25, -0.2) is 0 Å². The van der Waals surface area contributed by atoms with Crippen LogP contribution in [0.1, 0.15) is 31.2 Å². The molecule has 3 rings (SSSR count). The second-order valence-electron chi connectivity index (χ2n) is 5.48. The zero-order chi connectivity index (χ0) is 12.7. The maximum absolute atomic E-state index is 6.00. The van der Waals surface area contributed by atoms with Gasteiger partial charge in [0.15, 0.2) is 0 Å². The molecule has 2 nitrogen and oxygen atoms in total. The lowest BCUT2D eigenvalue weighted by molar-refractivity contribution is 0.440. The molecule has 2 saturated carbocycles. The lowest BCUT2D eigenvalue weighted by atomic mass is 9.95. The highest BCUT2D eigenvalue weighted by Crippen LogP contribution is 2.45. The Labute approximate surface area is 118 Å². The summed E-state index contributed by atoms with van der Waals surface area (Å²) in [7, 11) is 0. The highest BCUT2D eigenvalue weighted by Gasteiger charge is 2.39. The molecule has 3 N–H and O–H groups in total. The molecule has 0 radical (unpaired) electrons. The van der Waals surface area contributed by atoms with Crippen LogP contribution < -0.4 is 11.1 Å². The van der Waals surface area contributed by atoms with Crippen molar-refractivity contribution in [1.29, 1.82) is 0 Å². The van der Waals surface area contributed by atoms with Gasteiger partial charge in [-0.05, 0) is 49.3 Å². The fraction of sp³-hybridized carbons (Fsp3) is 0.500. The standard InChI is InChI=1S/C14H17ClN2S/c15-10-3-4-12(11(7-10)14(16)18)17-13-6-8-1-2-9(13)5-8/h3-4,7-9,13,17H,1-2,5-6H2,(H2,16,18). The van der Waals surface area contributed by atoms with Crippen molar-refractivity contribution < 1.29 is 0 Å². The number of rotatable bonds is 3. The second kappa shape index (κ2) is 4.71. The molecular formula is C14H17ClN2S. The van der Waals surface area contributed by atoms with Crippen LogP contribution in [0.5, 0.6) is 0 Å². The molecule has 0 heterocycles. The Morgan fingerprint density at radius 1 is 1.33 bits per heavy atom. The largest absolute Gasteiger partial charge is 0.389 e. The number of nitrogens with one attached hydrogen (secondary N) is 1. The van der Waals surface area contributed by atoms with Crippen molar-refractivity contribution in [2.45, 2.75) is 31.7 Å². The molecule has 0 saturated heterocycles. The van der Waals surface area contributed by atoms with E-state index >= 15 is 0 Å². The first kappa shape index (κ1) is 12.2. The van der Waals surface area contributed by atoms with E-state index in [1.165, 1.54) is 25.7 Å². The normalized spacial score (nSPS) is 29.5. The molecule has 1 aromatic rings. The van der Waals surface area contributed by atoms with Crippen LogP contribution in [-0.4, -0.2) is 11.0 Å². The lowest BCUT2D eigenvalue weighted by Crippen LogP contribution is -2.27. The van der Waals surface area contributed by atoms with E-state index in [4.69, 9.17) is 29.6 Å². The van der Waals surface area contributed by atoms with Crippen LogP contribution in [0.3, 0.4) is 0 Å². The van der Waals surface area contributed by atoms with Crippen molar-refractivity contribution in [2.24, 2.45) is 17.6 Å². The van der Waals surface area contributed by atoms with Crippen molar-refractivity contribution in [1.82, 2.24) is 0 Å². The summed E-state index contributed by atoms with van der Waals surface area (Å²) < 4.78 is 0. The zero-order valence-electron chi connectivity index (χ0n) is 10.2. The van der Waals surface area contributed by atoms with Gasteiger partial charge in [-0.3, -0.25) is 0 Å². The van der Waals surface area contributed by atoms with E-state index < -0.39 is 0 Å². The van der Waals surface area contributed by atoms with Crippen LogP contribution in [-0.2, 0) is 0 Å². The summed E-state index contributed by atoms with van der Waals surface area (Å²) in [6, 6.07) is 6.30. The molecule has 0 aromatic heterocycles. The third-order valence-corrected chi connectivity index (χ3v) is 4.78. The third kappa shape index (κ3) is 2.21. The van der Waals surface area contributed by atoms with Crippen molar-refractivity contribution >= 4 is 34.5 Å². The number of fused-ring (bicyclic) bond motifs is 2. The number of thiocarbonyl (C=S) groups is 1. The van der Waals surface area contributed by atoms with Gasteiger partial charge in [-0.2, -0.15) is 0 Å². The SMILES string of the molecule is NC(=S)c1cc(Cl)ccc1NC1CC2CCC1C2. The van der Waals surface area contributed by atoms with Gasteiger partial charge >= 0.3 is 0 Å². The van der Waals surface area contributed by atoms with E-state index in [1.54, 1.807) is 0 Å². The Morgan fingerprint density at radius 3 is 2.78 bits per heavy atom. The lowest BCUT2D eigenvalue weighted by Gasteiger charge is -2.25. The Balaban J connectivity index is 1.82. The highest BCUT2D eigenvalue weighted by molar-refractivity contribution is 7.80. The van der Waals surface area contributed by atoms with Gasteiger partial charge in [-0.1, -0.05) is 30.2 Å². The van der Waals surface area contributed by atoms with E-state index in [1.807, 2.05) is 18.2 Å². The molecule has 3 unspecified atom stereocenters. The predicted molar refractivity (Wildman–Crippen MR) is 80.2 cm³/mol. The van der Waals surface area contributed by atoms with Crippen LogP contribution in [0.15, 0.2) is 18.2 Å². The van der Waals surface area contributed by atoms with E-state index in [0.717, 1.165) is 23.1 Å². The molecule has 0 amide bonds. The van der Waals surface area contributed by atoms with Crippen molar-refractivity contribution in [3.63, 3.8) is 0 Å². The van der Waals surface area contributed by atoms with Gasteiger partial charge in [-0.15, -0.1) is 0 Å². The monoisotopic (exact) mass is 280 g/mol. The van der Waals surface area contributed by atoms with E-state index in [0.29, 0.717) is 16.1 Å². The van der Waals surface area contributed by atoms with Crippen molar-refractivity contribution in [3.8, 4) is 0 Å². The number of halogens is 1. The number of benzene rings is 1. The summed E-state index contributed by atoms with van der Waals surface area (Å²) >= 11 is 11.1. The van der Waals surface area contributed by atoms with E-state index in [-0.39, 0.29) is 0 Å². The Kier molecular flexibility index (Phi) is 3.20. The molecule has 2 fully saturated rings. The van der Waals surface area contributed by atoms with Crippen LogP contribution in [0.2, 0.25) is 5.02 Å². The fourth-order valence-corrected chi connectivity index (χ4v) is 3.81. The summed E-state index contributed by atoms with van der Waals surface area (Å²) in [5, 5.41) is 4.30. The molecule has 0 aliphatic heterocycles. The Hall–Kier alpha value is -0.800. The van der Waals surface area contributed by atoms with Crippen LogP contribution in [0, 0.1) is 11.8 Å². The Bertz CT molecular complexity index is 489.